The fourth-order valence-corrected chi connectivity index (χ4v) is 3.09. The number of amides is 1. The highest BCUT2D eigenvalue weighted by Crippen LogP contribution is 2.41. The van der Waals surface area contributed by atoms with Gasteiger partial charge in [0, 0.05) is 19.1 Å². The molecule has 2 rings (SSSR count). The van der Waals surface area contributed by atoms with Crippen molar-refractivity contribution in [1.82, 2.24) is 4.90 Å². The fourth-order valence-electron chi connectivity index (χ4n) is 3.09. The second-order valence-electron chi connectivity index (χ2n) is 7.97. The average molecular weight is 375 g/mol. The first-order valence-corrected chi connectivity index (χ1v) is 9.12. The predicted molar refractivity (Wildman–Crippen MR) is 103 cm³/mol. The highest BCUT2D eigenvalue weighted by atomic mass is 16.5. The van der Waals surface area contributed by atoms with Crippen molar-refractivity contribution in [2.45, 2.75) is 46.8 Å². The molecule has 148 valence electrons. The molecule has 0 aromatic heterocycles. The van der Waals surface area contributed by atoms with Crippen LogP contribution < -0.4 is 4.74 Å². The van der Waals surface area contributed by atoms with E-state index in [1.165, 1.54) is 4.90 Å². The zero-order valence-corrected chi connectivity index (χ0v) is 16.9. The van der Waals surface area contributed by atoms with Crippen LogP contribution in [0.2, 0.25) is 0 Å². The zero-order valence-electron chi connectivity index (χ0n) is 16.9. The Balaban J connectivity index is 2.54. The minimum Gasteiger partial charge on any atom is -0.503 e. The molecule has 1 amide bonds. The summed E-state index contributed by atoms with van der Waals surface area (Å²) in [5.41, 5.74) is 0.116. The second kappa shape index (κ2) is 8.13. The Hall–Kier alpha value is -2.34. The van der Waals surface area contributed by atoms with Crippen molar-refractivity contribution < 1.29 is 24.2 Å². The molecule has 0 radical (unpaired) electrons. The van der Waals surface area contributed by atoms with E-state index in [1.807, 2.05) is 38.1 Å². The number of ketones is 1. The number of nitrogens with zero attached hydrogens (tertiary/aromatic N) is 1. The van der Waals surface area contributed by atoms with Crippen LogP contribution in [0.15, 0.2) is 35.6 Å². The normalized spacial score (nSPS) is 17.8. The zero-order chi connectivity index (χ0) is 20.4. The summed E-state index contributed by atoms with van der Waals surface area (Å²) in [6.07, 6.45) is -0.00493. The molecule has 1 aromatic carbocycles. The molecule has 0 saturated heterocycles. The van der Waals surface area contributed by atoms with Crippen LogP contribution in [0.5, 0.6) is 5.75 Å². The summed E-state index contributed by atoms with van der Waals surface area (Å²) in [5.74, 6) is -0.643. The van der Waals surface area contributed by atoms with Crippen LogP contribution in [-0.2, 0) is 14.3 Å². The molecular weight excluding hydrogens is 346 g/mol. The third kappa shape index (κ3) is 4.50. The number of Topliss-reactive ketones (excluding diaryl/α,β-unsaturated/α-hetero) is 1. The van der Waals surface area contributed by atoms with Gasteiger partial charge >= 0.3 is 0 Å². The van der Waals surface area contributed by atoms with Crippen LogP contribution in [-0.4, -0.2) is 48.1 Å². The van der Waals surface area contributed by atoms with Gasteiger partial charge in [-0.3, -0.25) is 9.59 Å². The Morgan fingerprint density at radius 3 is 2.52 bits per heavy atom. The smallest absolute Gasteiger partial charge is 0.290 e. The monoisotopic (exact) mass is 375 g/mol. The summed E-state index contributed by atoms with van der Waals surface area (Å²) in [6.45, 7) is 9.73. The van der Waals surface area contributed by atoms with Gasteiger partial charge in [0.25, 0.3) is 5.91 Å². The third-order valence-electron chi connectivity index (χ3n) is 4.31. The van der Waals surface area contributed by atoms with Crippen LogP contribution in [0.1, 0.15) is 46.2 Å². The molecular formula is C21H29NO5. The summed E-state index contributed by atoms with van der Waals surface area (Å²) >= 11 is 0. The Morgan fingerprint density at radius 2 is 1.96 bits per heavy atom. The number of aliphatic hydroxyl groups is 1. The van der Waals surface area contributed by atoms with Gasteiger partial charge in [-0.15, -0.1) is 0 Å². The summed E-state index contributed by atoms with van der Waals surface area (Å²) in [6, 6.07) is 6.62. The van der Waals surface area contributed by atoms with Crippen molar-refractivity contribution >= 4 is 11.7 Å². The lowest BCUT2D eigenvalue weighted by atomic mass is 9.82. The number of methoxy groups -OCH3 is 1. The molecule has 1 aliphatic heterocycles. The van der Waals surface area contributed by atoms with E-state index in [9.17, 15) is 14.7 Å². The van der Waals surface area contributed by atoms with E-state index < -0.39 is 23.1 Å². The van der Waals surface area contributed by atoms with Gasteiger partial charge in [-0.2, -0.15) is 0 Å². The molecule has 6 nitrogen and oxygen atoms in total. The van der Waals surface area contributed by atoms with E-state index in [-0.39, 0.29) is 24.0 Å². The Labute approximate surface area is 160 Å². The molecule has 27 heavy (non-hydrogen) atoms. The number of hydrogen-bond donors (Lipinski definition) is 1. The van der Waals surface area contributed by atoms with E-state index in [0.717, 1.165) is 0 Å². The van der Waals surface area contributed by atoms with Crippen LogP contribution >= 0.6 is 0 Å². The Bertz CT molecular complexity index is 745. The largest absolute Gasteiger partial charge is 0.503 e. The molecule has 0 fully saturated rings. The van der Waals surface area contributed by atoms with E-state index >= 15 is 0 Å². The predicted octanol–water partition coefficient (Wildman–Crippen LogP) is 3.43. The van der Waals surface area contributed by atoms with Gasteiger partial charge < -0.3 is 19.5 Å². The molecule has 6 heteroatoms. The number of carbonyl (C=O) groups excluding carboxylic acids is 2. The quantitative estimate of drug-likeness (QED) is 0.790. The number of rotatable bonds is 7. The lowest BCUT2D eigenvalue weighted by molar-refractivity contribution is -0.130. The molecule has 0 aliphatic carbocycles. The van der Waals surface area contributed by atoms with Crippen LogP contribution in [0.25, 0.3) is 0 Å². The van der Waals surface area contributed by atoms with Crippen molar-refractivity contribution in [2.24, 2.45) is 5.41 Å². The minimum atomic E-state index is -0.731. The third-order valence-corrected chi connectivity index (χ3v) is 4.31. The van der Waals surface area contributed by atoms with Crippen LogP contribution in [0.4, 0.5) is 0 Å². The van der Waals surface area contributed by atoms with Crippen molar-refractivity contribution in [3.63, 3.8) is 0 Å². The van der Waals surface area contributed by atoms with Gasteiger partial charge in [-0.05, 0) is 31.5 Å². The van der Waals surface area contributed by atoms with Crippen molar-refractivity contribution in [1.29, 1.82) is 0 Å². The van der Waals surface area contributed by atoms with Gasteiger partial charge in [-0.1, -0.05) is 32.9 Å². The molecule has 1 atom stereocenters. The molecule has 0 saturated carbocycles. The SMILES string of the molecule is COCCN1C(=O)C(O)=C(C(=O)C(C)(C)C)C1c1cccc(OC(C)C)c1. The van der Waals surface area contributed by atoms with Gasteiger partial charge in [0.15, 0.2) is 11.5 Å². The number of aliphatic hydroxyl groups excluding tert-OH is 1. The number of carbonyl (C=O) groups is 2. The molecule has 0 spiro atoms. The first-order valence-electron chi connectivity index (χ1n) is 9.12. The topological polar surface area (TPSA) is 76.1 Å². The average Bonchev–Trinajstić information content (AvgIpc) is 2.82. The maximum absolute atomic E-state index is 13.0. The lowest BCUT2D eigenvalue weighted by Gasteiger charge is -2.29. The van der Waals surface area contributed by atoms with Crippen LogP contribution in [0, 0.1) is 5.41 Å². The van der Waals surface area contributed by atoms with E-state index in [1.54, 1.807) is 27.9 Å². The number of hydrogen-bond acceptors (Lipinski definition) is 5. The molecule has 1 unspecified atom stereocenters. The molecule has 1 N–H and O–H groups in total. The summed E-state index contributed by atoms with van der Waals surface area (Å²) in [7, 11) is 1.54. The number of ether oxygens (including phenoxy) is 2. The van der Waals surface area contributed by atoms with Gasteiger partial charge in [0.05, 0.1) is 24.3 Å². The van der Waals surface area contributed by atoms with Crippen molar-refractivity contribution in [3.8, 4) is 5.75 Å². The van der Waals surface area contributed by atoms with Crippen LogP contribution in [0.3, 0.4) is 0 Å². The first kappa shape index (κ1) is 21.0. The summed E-state index contributed by atoms with van der Waals surface area (Å²) in [5, 5.41) is 10.5. The molecule has 1 aromatic rings. The van der Waals surface area contributed by atoms with Gasteiger partial charge in [-0.25, -0.2) is 0 Å². The summed E-state index contributed by atoms with van der Waals surface area (Å²) < 4.78 is 10.9. The Kier molecular flexibility index (Phi) is 6.31. The Morgan fingerprint density at radius 1 is 1.30 bits per heavy atom. The highest BCUT2D eigenvalue weighted by molar-refractivity contribution is 6.10. The summed E-state index contributed by atoms with van der Waals surface area (Å²) in [4.78, 5) is 27.2. The molecule has 1 aliphatic rings. The lowest BCUT2D eigenvalue weighted by Crippen LogP contribution is -2.35. The van der Waals surface area contributed by atoms with Crippen molar-refractivity contribution in [2.75, 3.05) is 20.3 Å². The maximum Gasteiger partial charge on any atom is 0.290 e. The minimum absolute atomic E-state index is 0.00493. The van der Waals surface area contributed by atoms with E-state index in [4.69, 9.17) is 9.47 Å². The fraction of sp³-hybridized carbons (Fsp3) is 0.524. The second-order valence-corrected chi connectivity index (χ2v) is 7.97. The van der Waals surface area contributed by atoms with Gasteiger partial charge in [0.1, 0.15) is 5.75 Å². The standard InChI is InChI=1S/C21H29NO5/c1-13(2)27-15-9-7-8-14(12-15)17-16(19(24)21(3,4)5)18(23)20(25)22(17)10-11-26-6/h7-9,12-13,17,23H,10-11H2,1-6H3. The van der Waals surface area contributed by atoms with Gasteiger partial charge in [0.2, 0.25) is 0 Å². The molecule has 1 heterocycles. The number of benzene rings is 1. The highest BCUT2D eigenvalue weighted by Gasteiger charge is 2.45. The molecule has 0 bridgehead atoms. The maximum atomic E-state index is 13.0. The first-order chi connectivity index (χ1) is 12.6. The van der Waals surface area contributed by atoms with Crippen molar-refractivity contribution in [3.05, 3.63) is 41.2 Å². The van der Waals surface area contributed by atoms with E-state index in [2.05, 4.69) is 0 Å². The van der Waals surface area contributed by atoms with E-state index in [0.29, 0.717) is 17.9 Å².